The Kier molecular flexibility index (Phi) is 8.37. The van der Waals surface area contributed by atoms with Crippen LogP contribution < -0.4 is 15.6 Å². The summed E-state index contributed by atoms with van der Waals surface area (Å²) in [5.74, 6) is -0.880. The van der Waals surface area contributed by atoms with Crippen LogP contribution in [0.3, 0.4) is 0 Å². The molecule has 0 aliphatic rings. The molecule has 0 aliphatic carbocycles. The van der Waals surface area contributed by atoms with Gasteiger partial charge in [-0.15, -0.1) is 36.3 Å². The molecule has 0 radical (unpaired) electrons. The van der Waals surface area contributed by atoms with Crippen molar-refractivity contribution >= 4 is 50.7 Å². The van der Waals surface area contributed by atoms with E-state index in [-0.39, 0.29) is 45.4 Å². The van der Waals surface area contributed by atoms with Crippen molar-refractivity contribution in [2.75, 3.05) is 17.7 Å². The number of hydrogen-bond donors (Lipinski definition) is 1. The standard InChI is InChI=1S/C25H20F3N3O5S2/c1-2-35-24(34)21-18-13-38-22(29-19(32)14-37-12-15-6-4-3-5-7-15)20(18)23(33)31(30-21)16-8-10-17(11-9-16)36-25(26,27)28/h3-11,13H,2,12,14H2,1H3,(H,29,32). The molecule has 38 heavy (non-hydrogen) atoms. The normalized spacial score (nSPS) is 11.4. The number of aromatic nitrogens is 2. The van der Waals surface area contributed by atoms with Crippen molar-refractivity contribution in [1.82, 2.24) is 9.78 Å². The molecule has 0 unspecified atom stereocenters. The second-order valence-corrected chi connectivity index (χ2v) is 9.57. The number of hydrogen-bond acceptors (Lipinski definition) is 8. The quantitative estimate of drug-likeness (QED) is 0.273. The number of carbonyl (C=O) groups excluding carboxylic acids is 2. The maximum absolute atomic E-state index is 13.4. The average molecular weight is 564 g/mol. The van der Waals surface area contributed by atoms with Crippen LogP contribution in [0.25, 0.3) is 16.5 Å². The highest BCUT2D eigenvalue weighted by Gasteiger charge is 2.31. The number of anilines is 1. The fourth-order valence-electron chi connectivity index (χ4n) is 3.45. The van der Waals surface area contributed by atoms with Gasteiger partial charge in [0.2, 0.25) is 5.91 Å². The smallest absolute Gasteiger partial charge is 0.461 e. The van der Waals surface area contributed by atoms with Crippen LogP contribution in [-0.4, -0.2) is 40.4 Å². The molecule has 0 saturated heterocycles. The molecule has 8 nitrogen and oxygen atoms in total. The van der Waals surface area contributed by atoms with Crippen LogP contribution in [-0.2, 0) is 15.3 Å². The third-order valence-corrected chi connectivity index (χ3v) is 6.93. The Morgan fingerprint density at radius 2 is 1.82 bits per heavy atom. The van der Waals surface area contributed by atoms with E-state index in [2.05, 4.69) is 15.2 Å². The highest BCUT2D eigenvalue weighted by molar-refractivity contribution is 7.99. The summed E-state index contributed by atoms with van der Waals surface area (Å²) in [5.41, 5.74) is 0.295. The summed E-state index contributed by atoms with van der Waals surface area (Å²) in [5, 5.41) is 8.81. The van der Waals surface area contributed by atoms with E-state index >= 15 is 0 Å². The summed E-state index contributed by atoms with van der Waals surface area (Å²) in [6.45, 7) is 1.66. The topological polar surface area (TPSA) is 99.5 Å². The number of thioether (sulfide) groups is 1. The Balaban J connectivity index is 1.65. The number of halogens is 3. The van der Waals surface area contributed by atoms with Crippen LogP contribution in [0.15, 0.2) is 64.8 Å². The van der Waals surface area contributed by atoms with E-state index in [1.54, 1.807) is 6.92 Å². The molecule has 1 N–H and O–H groups in total. The van der Waals surface area contributed by atoms with Gasteiger partial charge in [-0.25, -0.2) is 4.79 Å². The first-order chi connectivity index (χ1) is 18.2. The number of fused-ring (bicyclic) bond motifs is 1. The van der Waals surface area contributed by atoms with Crippen molar-refractivity contribution < 1.29 is 32.2 Å². The fourth-order valence-corrected chi connectivity index (χ4v) is 5.20. The number of nitrogens with zero attached hydrogens (tertiary/aromatic N) is 2. The van der Waals surface area contributed by atoms with Crippen molar-refractivity contribution in [1.29, 1.82) is 0 Å². The minimum absolute atomic E-state index is 0.0325. The first-order valence-corrected chi connectivity index (χ1v) is 13.2. The highest BCUT2D eigenvalue weighted by Crippen LogP contribution is 2.31. The first-order valence-electron chi connectivity index (χ1n) is 11.2. The van der Waals surface area contributed by atoms with Gasteiger partial charge in [0, 0.05) is 16.5 Å². The summed E-state index contributed by atoms with van der Waals surface area (Å²) < 4.78 is 47.4. The number of ether oxygens (including phenoxy) is 2. The molecule has 13 heteroatoms. The van der Waals surface area contributed by atoms with Crippen molar-refractivity contribution in [3.8, 4) is 11.4 Å². The number of thiophene rings is 1. The van der Waals surface area contributed by atoms with Crippen LogP contribution >= 0.6 is 23.1 Å². The number of amides is 1. The number of alkyl halides is 3. The maximum atomic E-state index is 13.4. The molecule has 198 valence electrons. The summed E-state index contributed by atoms with van der Waals surface area (Å²) >= 11 is 2.45. The van der Waals surface area contributed by atoms with Gasteiger partial charge in [0.1, 0.15) is 10.8 Å². The van der Waals surface area contributed by atoms with Gasteiger partial charge >= 0.3 is 12.3 Å². The van der Waals surface area contributed by atoms with Crippen LogP contribution in [0.5, 0.6) is 5.75 Å². The molecule has 0 saturated carbocycles. The zero-order valence-electron chi connectivity index (χ0n) is 19.8. The van der Waals surface area contributed by atoms with Crippen molar-refractivity contribution in [3.63, 3.8) is 0 Å². The van der Waals surface area contributed by atoms with Crippen LogP contribution in [0, 0.1) is 0 Å². The lowest BCUT2D eigenvalue weighted by molar-refractivity contribution is -0.274. The number of carbonyl (C=O) groups is 2. The number of rotatable bonds is 9. The lowest BCUT2D eigenvalue weighted by atomic mass is 10.2. The van der Waals surface area contributed by atoms with Gasteiger partial charge in [0.15, 0.2) is 5.69 Å². The van der Waals surface area contributed by atoms with Crippen molar-refractivity contribution in [2.24, 2.45) is 0 Å². The molecule has 2 heterocycles. The van der Waals surface area contributed by atoms with Gasteiger partial charge in [-0.1, -0.05) is 30.3 Å². The van der Waals surface area contributed by atoms with Gasteiger partial charge < -0.3 is 14.8 Å². The average Bonchev–Trinajstić information content (AvgIpc) is 3.29. The van der Waals surface area contributed by atoms with Crippen LogP contribution in [0.2, 0.25) is 0 Å². The molecule has 0 bridgehead atoms. The summed E-state index contributed by atoms with van der Waals surface area (Å²) in [7, 11) is 0. The van der Waals surface area contributed by atoms with E-state index in [9.17, 15) is 27.6 Å². The number of benzene rings is 2. The molecule has 1 amide bonds. The maximum Gasteiger partial charge on any atom is 0.573 e. The van der Waals surface area contributed by atoms with Gasteiger partial charge in [-0.3, -0.25) is 9.59 Å². The molecule has 0 spiro atoms. The minimum atomic E-state index is -4.88. The monoisotopic (exact) mass is 563 g/mol. The Bertz CT molecular complexity index is 1500. The molecule has 4 rings (SSSR count). The van der Waals surface area contributed by atoms with Crippen LogP contribution in [0.4, 0.5) is 18.2 Å². The minimum Gasteiger partial charge on any atom is -0.461 e. The lowest BCUT2D eigenvalue weighted by Crippen LogP contribution is -2.26. The highest BCUT2D eigenvalue weighted by atomic mass is 32.2. The number of nitrogens with one attached hydrogen (secondary N) is 1. The Morgan fingerprint density at radius 3 is 2.47 bits per heavy atom. The predicted molar refractivity (Wildman–Crippen MR) is 139 cm³/mol. The van der Waals surface area contributed by atoms with E-state index in [0.29, 0.717) is 5.75 Å². The van der Waals surface area contributed by atoms with Crippen LogP contribution in [0.1, 0.15) is 23.0 Å². The summed E-state index contributed by atoms with van der Waals surface area (Å²) in [4.78, 5) is 38.7. The fraction of sp³-hybridized carbons (Fsp3) is 0.200. The predicted octanol–water partition coefficient (Wildman–Crippen LogP) is 5.39. The Morgan fingerprint density at radius 1 is 1.11 bits per heavy atom. The van der Waals surface area contributed by atoms with Gasteiger partial charge in [-0.2, -0.15) is 9.78 Å². The second-order valence-electron chi connectivity index (χ2n) is 7.71. The molecule has 2 aromatic heterocycles. The van der Waals surface area contributed by atoms with E-state index in [1.807, 2.05) is 30.3 Å². The zero-order valence-corrected chi connectivity index (χ0v) is 21.4. The molecule has 0 fully saturated rings. The zero-order chi connectivity index (χ0) is 27.3. The molecule has 0 atom stereocenters. The third kappa shape index (κ3) is 6.53. The van der Waals surface area contributed by atoms with Crippen molar-refractivity contribution in [3.05, 3.63) is 81.6 Å². The van der Waals surface area contributed by atoms with Gasteiger partial charge in [-0.05, 0) is 36.8 Å². The lowest BCUT2D eigenvalue weighted by Gasteiger charge is -2.12. The SMILES string of the molecule is CCOC(=O)c1nn(-c2ccc(OC(F)(F)F)cc2)c(=O)c2c(NC(=O)CSCc3ccccc3)scc12. The molecular formula is C25H20F3N3O5S2. The number of esters is 1. The Hall–Kier alpha value is -3.84. The molecule has 2 aromatic carbocycles. The summed E-state index contributed by atoms with van der Waals surface area (Å²) in [6.07, 6.45) is -4.88. The van der Waals surface area contributed by atoms with Gasteiger partial charge in [0.25, 0.3) is 5.56 Å². The van der Waals surface area contributed by atoms with E-state index in [1.165, 1.54) is 29.3 Å². The first kappa shape index (κ1) is 27.2. The Labute approximate surface area is 222 Å². The largest absolute Gasteiger partial charge is 0.573 e. The van der Waals surface area contributed by atoms with E-state index < -0.39 is 23.6 Å². The van der Waals surface area contributed by atoms with Crippen molar-refractivity contribution in [2.45, 2.75) is 19.0 Å². The summed E-state index contributed by atoms with van der Waals surface area (Å²) in [6, 6.07) is 14.0. The molecular weight excluding hydrogens is 543 g/mol. The van der Waals surface area contributed by atoms with E-state index in [0.717, 1.165) is 33.7 Å². The van der Waals surface area contributed by atoms with E-state index in [4.69, 9.17) is 4.74 Å². The molecule has 0 aliphatic heterocycles. The third-order valence-electron chi connectivity index (χ3n) is 5.03. The van der Waals surface area contributed by atoms with Gasteiger partial charge in [0.05, 0.1) is 23.4 Å². The second kappa shape index (κ2) is 11.7. The molecule has 4 aromatic rings.